The van der Waals surface area contributed by atoms with Gasteiger partial charge in [0.25, 0.3) is 10.0 Å². The molecule has 2 N–H and O–H groups in total. The predicted molar refractivity (Wildman–Crippen MR) is 229 cm³/mol. The van der Waals surface area contributed by atoms with Gasteiger partial charge in [0.2, 0.25) is 15.8 Å². The van der Waals surface area contributed by atoms with Crippen LogP contribution in [0.15, 0.2) is 179 Å². The number of nitrogens with one attached hydrogen (secondary N) is 2. The van der Waals surface area contributed by atoms with E-state index in [1.54, 1.807) is 12.1 Å². The Kier molecular flexibility index (Phi) is 12.7. The normalized spacial score (nSPS) is 12.7. The smallest absolute Gasteiger partial charge is 0.259 e. The standard InChI is InChI=1S/C46H35F5N4O4S2/c47-41-42(48)44(50)46(45(51)43(41)49)61(58,59)54-60(56,57)30-10-29-52-34-23-17-31(18-24-34)40(32-19-25-36(26-20-32)53-35-11-4-1-5-12-35)33-21-27-39(28-22-33)55(37-13-6-2-7-14-37)38-15-8-3-9-16-38/h1-9,11-28,52,54H,10,29-30H2. The quantitative estimate of drug-likeness (QED) is 0.0489. The van der Waals surface area contributed by atoms with E-state index in [9.17, 15) is 38.8 Å². The van der Waals surface area contributed by atoms with Crippen molar-refractivity contribution in [2.24, 2.45) is 4.99 Å². The largest absolute Gasteiger partial charge is 0.385 e. The molecule has 0 saturated heterocycles. The number of sulfonamides is 2. The Balaban J connectivity index is 1.10. The molecular weight excluding hydrogens is 832 g/mol. The number of para-hydroxylation sites is 3. The van der Waals surface area contributed by atoms with Gasteiger partial charge in [-0.1, -0.05) is 91.0 Å². The highest BCUT2D eigenvalue weighted by atomic mass is 32.3. The molecule has 0 amide bonds. The van der Waals surface area contributed by atoms with Crippen LogP contribution in [0.5, 0.6) is 0 Å². The van der Waals surface area contributed by atoms with Crippen molar-refractivity contribution in [3.05, 3.63) is 210 Å². The average molecular weight is 867 g/mol. The third kappa shape index (κ3) is 9.86. The number of aliphatic imine (C=N–C) groups is 1. The molecule has 1 aliphatic carbocycles. The van der Waals surface area contributed by atoms with Crippen LogP contribution in [0, 0.1) is 29.1 Å². The van der Waals surface area contributed by atoms with Gasteiger partial charge in [-0.3, -0.25) is 0 Å². The molecular formula is C46H35F5N4O4S2. The number of benzene rings is 6. The molecule has 8 nitrogen and oxygen atoms in total. The molecule has 1 aliphatic rings. The highest BCUT2D eigenvalue weighted by Crippen LogP contribution is 2.37. The molecule has 0 bridgehead atoms. The van der Waals surface area contributed by atoms with Crippen LogP contribution in [-0.2, 0) is 20.0 Å². The van der Waals surface area contributed by atoms with Crippen LogP contribution in [-0.4, -0.2) is 34.8 Å². The molecule has 0 aliphatic heterocycles. The first kappa shape index (κ1) is 42.4. The molecule has 6 aromatic carbocycles. The molecule has 0 unspecified atom stereocenters. The summed E-state index contributed by atoms with van der Waals surface area (Å²) in [4.78, 5) is 4.59. The second-order valence-electron chi connectivity index (χ2n) is 13.6. The van der Waals surface area contributed by atoms with Crippen LogP contribution >= 0.6 is 0 Å². The van der Waals surface area contributed by atoms with Crippen molar-refractivity contribution >= 4 is 59.8 Å². The maximum Gasteiger partial charge on any atom is 0.259 e. The van der Waals surface area contributed by atoms with Crippen LogP contribution in [0.1, 0.15) is 17.5 Å². The van der Waals surface area contributed by atoms with E-state index in [0.29, 0.717) is 5.69 Å². The fraction of sp³-hybridized carbons (Fsp3) is 0.0652. The van der Waals surface area contributed by atoms with Crippen LogP contribution in [0.25, 0.3) is 5.57 Å². The Hall–Kier alpha value is -6.68. The zero-order chi connectivity index (χ0) is 43.1. The predicted octanol–water partition coefficient (Wildman–Crippen LogP) is 10.7. The van der Waals surface area contributed by atoms with Gasteiger partial charge in [0.1, 0.15) is 0 Å². The number of allylic oxidation sites excluding steroid dienone is 5. The van der Waals surface area contributed by atoms with Crippen molar-refractivity contribution in [3.8, 4) is 0 Å². The molecule has 0 atom stereocenters. The fourth-order valence-electron chi connectivity index (χ4n) is 6.55. The van der Waals surface area contributed by atoms with Gasteiger partial charge in [0.05, 0.1) is 17.2 Å². The van der Waals surface area contributed by atoms with Crippen molar-refractivity contribution in [1.29, 1.82) is 0 Å². The maximum absolute atomic E-state index is 14.1. The van der Waals surface area contributed by atoms with Crippen LogP contribution in [0.2, 0.25) is 0 Å². The van der Waals surface area contributed by atoms with Gasteiger partial charge >= 0.3 is 0 Å². The van der Waals surface area contributed by atoms with Gasteiger partial charge in [0.15, 0.2) is 28.2 Å². The van der Waals surface area contributed by atoms with E-state index in [-0.39, 0.29) is 13.0 Å². The lowest BCUT2D eigenvalue weighted by molar-refractivity contribution is 0.357. The van der Waals surface area contributed by atoms with Gasteiger partial charge in [-0.15, -0.1) is 4.13 Å². The summed E-state index contributed by atoms with van der Waals surface area (Å²) in [6, 6.07) is 45.3. The molecule has 310 valence electrons. The minimum Gasteiger partial charge on any atom is -0.385 e. The van der Waals surface area contributed by atoms with E-state index in [1.165, 1.54) is 0 Å². The number of hydrogen-bond donors (Lipinski definition) is 2. The Morgan fingerprint density at radius 2 is 1.00 bits per heavy atom. The monoisotopic (exact) mass is 866 g/mol. The lowest BCUT2D eigenvalue weighted by atomic mass is 9.90. The molecule has 0 fully saturated rings. The number of nitrogens with zero attached hydrogens (tertiary/aromatic N) is 2. The molecule has 0 saturated carbocycles. The number of halogens is 5. The van der Waals surface area contributed by atoms with Gasteiger partial charge in [0, 0.05) is 29.3 Å². The molecule has 0 radical (unpaired) electrons. The number of hydrogen-bond acceptors (Lipinski definition) is 7. The Morgan fingerprint density at radius 1 is 0.541 bits per heavy atom. The Morgan fingerprint density at radius 3 is 1.52 bits per heavy atom. The summed E-state index contributed by atoms with van der Waals surface area (Å²) in [5.74, 6) is -13.9. The molecule has 0 aromatic heterocycles. The van der Waals surface area contributed by atoms with E-state index >= 15 is 0 Å². The zero-order valence-electron chi connectivity index (χ0n) is 31.9. The number of rotatable bonds is 14. The maximum atomic E-state index is 14.1. The van der Waals surface area contributed by atoms with E-state index in [1.807, 2.05) is 127 Å². The van der Waals surface area contributed by atoms with Gasteiger partial charge < -0.3 is 10.2 Å². The van der Waals surface area contributed by atoms with Gasteiger partial charge in [-0.2, -0.15) is 0 Å². The molecule has 6 aromatic rings. The summed E-state index contributed by atoms with van der Waals surface area (Å²) >= 11 is 0. The summed E-state index contributed by atoms with van der Waals surface area (Å²) in [6.45, 7) is 0.00652. The minimum atomic E-state index is -5.70. The lowest BCUT2D eigenvalue weighted by Gasteiger charge is -2.26. The summed E-state index contributed by atoms with van der Waals surface area (Å²) in [7, 11) is -10.5. The Bertz CT molecular complexity index is 2810. The van der Waals surface area contributed by atoms with Gasteiger partial charge in [-0.05, 0) is 102 Å². The second kappa shape index (κ2) is 18.3. The van der Waals surface area contributed by atoms with Gasteiger partial charge in [-0.25, -0.2) is 43.8 Å². The zero-order valence-corrected chi connectivity index (χ0v) is 33.6. The average Bonchev–Trinajstić information content (AvgIpc) is 3.26. The van der Waals surface area contributed by atoms with E-state index < -0.39 is 59.8 Å². The summed E-state index contributed by atoms with van der Waals surface area (Å²) in [5.41, 5.74) is 8.76. The van der Waals surface area contributed by atoms with Crippen LogP contribution in [0.4, 0.5) is 50.4 Å². The van der Waals surface area contributed by atoms with E-state index in [4.69, 9.17) is 4.99 Å². The van der Waals surface area contributed by atoms with Crippen LogP contribution in [0.3, 0.4) is 0 Å². The number of anilines is 4. The summed E-state index contributed by atoms with van der Waals surface area (Å²) in [6.07, 6.45) is 7.68. The molecule has 15 heteroatoms. The SMILES string of the molecule is O=S(=O)(CCCNc1ccc(C(=C2C=CC(=Nc3ccccc3)C=C2)c2ccc(N(c3ccccc3)c3ccccc3)cc2)cc1)NS(=O)(=O)c1c(F)c(F)c(F)c(F)c1F. The van der Waals surface area contributed by atoms with Crippen molar-refractivity contribution in [2.75, 3.05) is 22.5 Å². The third-order valence-corrected chi connectivity index (χ3v) is 13.0. The summed E-state index contributed by atoms with van der Waals surface area (Å²) < 4.78 is 120. The molecule has 0 heterocycles. The molecule has 61 heavy (non-hydrogen) atoms. The minimum absolute atomic E-state index is 0.00652. The third-order valence-electron chi connectivity index (χ3n) is 9.38. The highest BCUT2D eigenvalue weighted by Gasteiger charge is 2.35. The summed E-state index contributed by atoms with van der Waals surface area (Å²) in [5, 5.41) is 3.05. The lowest BCUT2D eigenvalue weighted by Crippen LogP contribution is -2.34. The first-order chi connectivity index (χ1) is 29.3. The van der Waals surface area contributed by atoms with Crippen LogP contribution < -0.4 is 14.3 Å². The molecule has 7 rings (SSSR count). The van der Waals surface area contributed by atoms with Crippen molar-refractivity contribution in [2.45, 2.75) is 11.3 Å². The fourth-order valence-corrected chi connectivity index (χ4v) is 9.73. The van der Waals surface area contributed by atoms with Crippen molar-refractivity contribution < 1.29 is 38.8 Å². The van der Waals surface area contributed by atoms with E-state index in [2.05, 4.69) is 34.5 Å². The first-order valence-electron chi connectivity index (χ1n) is 18.7. The molecule has 0 spiro atoms. The second-order valence-corrected chi connectivity index (χ2v) is 17.3. The van der Waals surface area contributed by atoms with E-state index in [0.717, 1.165) is 54.9 Å². The first-order valence-corrected chi connectivity index (χ1v) is 21.8. The van der Waals surface area contributed by atoms with Crippen molar-refractivity contribution in [3.63, 3.8) is 0 Å². The Labute approximate surface area is 349 Å². The topological polar surface area (TPSA) is 108 Å². The van der Waals surface area contributed by atoms with Crippen molar-refractivity contribution in [1.82, 2.24) is 4.13 Å². The highest BCUT2D eigenvalue weighted by molar-refractivity contribution is 8.04.